The first-order valence-electron chi connectivity index (χ1n) is 8.45. The smallest absolute Gasteiger partial charge is 0.241 e. The summed E-state index contributed by atoms with van der Waals surface area (Å²) in [5, 5.41) is 11.5. The van der Waals surface area contributed by atoms with Crippen LogP contribution in [0.3, 0.4) is 0 Å². The second kappa shape index (κ2) is 7.54. The molecule has 0 aliphatic carbocycles. The van der Waals surface area contributed by atoms with Gasteiger partial charge in [0.25, 0.3) is 0 Å². The van der Waals surface area contributed by atoms with E-state index in [0.29, 0.717) is 18.9 Å². The van der Waals surface area contributed by atoms with E-state index in [1.165, 1.54) is 0 Å². The highest BCUT2D eigenvalue weighted by atomic mass is 35.5. The lowest BCUT2D eigenvalue weighted by molar-refractivity contribution is 0.294. The zero-order valence-electron chi connectivity index (χ0n) is 14.1. The van der Waals surface area contributed by atoms with Crippen molar-refractivity contribution in [2.45, 2.75) is 13.0 Å². The fourth-order valence-electron chi connectivity index (χ4n) is 2.89. The zero-order valence-corrected chi connectivity index (χ0v) is 14.9. The summed E-state index contributed by atoms with van der Waals surface area (Å²) in [4.78, 5) is 0. The average Bonchev–Trinajstić information content (AvgIpc) is 2.70. The van der Waals surface area contributed by atoms with Gasteiger partial charge in [-0.25, -0.2) is 0 Å². The van der Waals surface area contributed by atoms with Gasteiger partial charge in [0.05, 0.1) is 5.69 Å². The van der Waals surface area contributed by atoms with Gasteiger partial charge in [0.2, 0.25) is 5.88 Å². The maximum Gasteiger partial charge on any atom is 0.241 e. The molecule has 0 saturated carbocycles. The summed E-state index contributed by atoms with van der Waals surface area (Å²) in [6, 6.07) is 25.9. The summed E-state index contributed by atoms with van der Waals surface area (Å²) in [6.45, 7) is 0.468. The second-order valence-corrected chi connectivity index (χ2v) is 6.51. The lowest BCUT2D eigenvalue weighted by atomic mass is 10.0. The van der Waals surface area contributed by atoms with Crippen LogP contribution >= 0.6 is 11.6 Å². The van der Waals surface area contributed by atoms with Crippen molar-refractivity contribution in [3.63, 3.8) is 0 Å². The summed E-state index contributed by atoms with van der Waals surface area (Å²) in [5.74, 6) is 0.560. The normalized spacial score (nSPS) is 10.8. The third kappa shape index (κ3) is 3.68. The molecule has 0 radical (unpaired) electrons. The van der Waals surface area contributed by atoms with Crippen molar-refractivity contribution in [1.82, 2.24) is 10.2 Å². The predicted molar refractivity (Wildman–Crippen MR) is 105 cm³/mol. The molecule has 0 aliphatic rings. The minimum atomic E-state index is 0.468. The molecule has 3 nitrogen and oxygen atoms in total. The fourth-order valence-corrected chi connectivity index (χ4v) is 3.02. The van der Waals surface area contributed by atoms with E-state index in [9.17, 15) is 0 Å². The summed E-state index contributed by atoms with van der Waals surface area (Å²) >= 11 is 5.97. The van der Waals surface area contributed by atoms with Crippen LogP contribution in [0.15, 0.2) is 78.9 Å². The van der Waals surface area contributed by atoms with Crippen molar-refractivity contribution in [3.8, 4) is 5.88 Å². The molecule has 128 valence electrons. The molecule has 0 spiro atoms. The van der Waals surface area contributed by atoms with Crippen molar-refractivity contribution in [2.24, 2.45) is 0 Å². The second-order valence-electron chi connectivity index (χ2n) is 6.07. The Morgan fingerprint density at radius 3 is 2.15 bits per heavy atom. The maximum atomic E-state index is 5.97. The Morgan fingerprint density at radius 1 is 0.692 bits per heavy atom. The third-order valence-electron chi connectivity index (χ3n) is 4.23. The molecular formula is C22H17ClN2O. The van der Waals surface area contributed by atoms with Gasteiger partial charge in [-0.05, 0) is 29.3 Å². The number of hydrogen-bond donors (Lipinski definition) is 0. The molecule has 4 aromatic rings. The van der Waals surface area contributed by atoms with Crippen LogP contribution in [-0.4, -0.2) is 10.2 Å². The number of rotatable bonds is 5. The van der Waals surface area contributed by atoms with Gasteiger partial charge in [-0.1, -0.05) is 72.3 Å². The molecule has 4 rings (SSSR count). The van der Waals surface area contributed by atoms with Crippen LogP contribution in [0.5, 0.6) is 5.88 Å². The number of halogens is 1. The molecule has 0 saturated heterocycles. The van der Waals surface area contributed by atoms with E-state index >= 15 is 0 Å². The Labute approximate surface area is 157 Å². The van der Waals surface area contributed by atoms with Gasteiger partial charge >= 0.3 is 0 Å². The topological polar surface area (TPSA) is 35.0 Å². The number of aromatic nitrogens is 2. The molecular weight excluding hydrogens is 344 g/mol. The average molecular weight is 361 g/mol. The lowest BCUT2D eigenvalue weighted by Gasteiger charge is -2.11. The van der Waals surface area contributed by atoms with Crippen molar-refractivity contribution in [2.75, 3.05) is 0 Å². The maximum absolute atomic E-state index is 5.97. The van der Waals surface area contributed by atoms with E-state index in [-0.39, 0.29) is 0 Å². The summed E-state index contributed by atoms with van der Waals surface area (Å²) < 4.78 is 5.94. The van der Waals surface area contributed by atoms with Crippen LogP contribution in [0.1, 0.15) is 16.8 Å². The first-order valence-corrected chi connectivity index (χ1v) is 8.83. The zero-order chi connectivity index (χ0) is 17.8. The molecule has 0 fully saturated rings. The van der Waals surface area contributed by atoms with E-state index in [1.54, 1.807) is 0 Å². The van der Waals surface area contributed by atoms with Crippen molar-refractivity contribution in [3.05, 3.63) is 101 Å². The van der Waals surface area contributed by atoms with Gasteiger partial charge in [-0.3, -0.25) is 0 Å². The van der Waals surface area contributed by atoms with Crippen molar-refractivity contribution in [1.29, 1.82) is 0 Å². The summed E-state index contributed by atoms with van der Waals surface area (Å²) in [7, 11) is 0. The highest BCUT2D eigenvalue weighted by Gasteiger charge is 2.11. The van der Waals surface area contributed by atoms with Crippen LogP contribution in [0, 0.1) is 0 Å². The van der Waals surface area contributed by atoms with E-state index in [0.717, 1.165) is 32.6 Å². The molecule has 1 aromatic heterocycles. The minimum absolute atomic E-state index is 0.468. The highest BCUT2D eigenvalue weighted by molar-refractivity contribution is 6.30. The number of ether oxygens (including phenoxy) is 1. The lowest BCUT2D eigenvalue weighted by Crippen LogP contribution is -2.02. The molecule has 0 unspecified atom stereocenters. The number of hydrogen-bond acceptors (Lipinski definition) is 3. The standard InChI is InChI=1S/C22H17ClN2O/c23-18-12-10-16(11-13-18)14-21-19-8-4-5-9-20(19)22(25-24-21)26-15-17-6-2-1-3-7-17/h1-13H,14-15H2. The third-order valence-corrected chi connectivity index (χ3v) is 4.49. The molecule has 3 aromatic carbocycles. The SMILES string of the molecule is Clc1ccc(Cc2nnc(OCc3ccccc3)c3ccccc23)cc1. The van der Waals surface area contributed by atoms with Gasteiger partial charge in [0, 0.05) is 22.2 Å². The van der Waals surface area contributed by atoms with Crippen molar-refractivity contribution < 1.29 is 4.74 Å². The van der Waals surface area contributed by atoms with Crippen LogP contribution in [-0.2, 0) is 13.0 Å². The van der Waals surface area contributed by atoms with Gasteiger partial charge in [0.1, 0.15) is 6.61 Å². The summed E-state index contributed by atoms with van der Waals surface area (Å²) in [6.07, 6.45) is 0.698. The van der Waals surface area contributed by atoms with Gasteiger partial charge in [0.15, 0.2) is 0 Å². The van der Waals surface area contributed by atoms with Crippen LogP contribution < -0.4 is 4.74 Å². The Hall–Kier alpha value is -2.91. The number of benzene rings is 3. The quantitative estimate of drug-likeness (QED) is 0.474. The Balaban J connectivity index is 1.63. The first kappa shape index (κ1) is 16.6. The Kier molecular flexibility index (Phi) is 4.80. The molecule has 26 heavy (non-hydrogen) atoms. The number of fused-ring (bicyclic) bond motifs is 1. The van der Waals surface area contributed by atoms with Crippen LogP contribution in [0.2, 0.25) is 5.02 Å². The molecule has 4 heteroatoms. The molecule has 0 bridgehead atoms. The van der Waals surface area contributed by atoms with E-state index in [2.05, 4.69) is 16.3 Å². The molecule has 0 aliphatic heterocycles. The van der Waals surface area contributed by atoms with E-state index in [4.69, 9.17) is 16.3 Å². The minimum Gasteiger partial charge on any atom is -0.471 e. The highest BCUT2D eigenvalue weighted by Crippen LogP contribution is 2.26. The van der Waals surface area contributed by atoms with Gasteiger partial charge in [-0.15, -0.1) is 5.10 Å². The Morgan fingerprint density at radius 2 is 1.38 bits per heavy atom. The van der Waals surface area contributed by atoms with Crippen molar-refractivity contribution >= 4 is 22.4 Å². The molecule has 0 atom stereocenters. The molecule has 1 heterocycles. The monoisotopic (exact) mass is 360 g/mol. The van der Waals surface area contributed by atoms with E-state index < -0.39 is 0 Å². The molecule has 0 amide bonds. The first-order chi connectivity index (χ1) is 12.8. The molecule has 0 N–H and O–H groups in total. The van der Waals surface area contributed by atoms with E-state index in [1.807, 2.05) is 72.8 Å². The van der Waals surface area contributed by atoms with Gasteiger partial charge < -0.3 is 4.74 Å². The fraction of sp³-hybridized carbons (Fsp3) is 0.0909. The summed E-state index contributed by atoms with van der Waals surface area (Å²) in [5.41, 5.74) is 3.17. The van der Waals surface area contributed by atoms with Crippen LogP contribution in [0.4, 0.5) is 0 Å². The predicted octanol–water partition coefficient (Wildman–Crippen LogP) is 5.45. The largest absolute Gasteiger partial charge is 0.471 e. The van der Waals surface area contributed by atoms with Gasteiger partial charge in [-0.2, -0.15) is 5.10 Å². The van der Waals surface area contributed by atoms with Crippen LogP contribution in [0.25, 0.3) is 10.8 Å². The number of nitrogens with zero attached hydrogens (tertiary/aromatic N) is 2. The Bertz CT molecular complexity index is 1020.